The van der Waals surface area contributed by atoms with E-state index in [1.165, 1.54) is 16.4 Å². The monoisotopic (exact) mass is 390 g/mol. The fourth-order valence-electron chi connectivity index (χ4n) is 2.99. The maximum atomic E-state index is 12.7. The number of piperidine rings is 1. The van der Waals surface area contributed by atoms with E-state index in [1.807, 2.05) is 25.1 Å². The molecule has 0 spiro atoms. The van der Waals surface area contributed by atoms with E-state index in [0.29, 0.717) is 18.0 Å². The Morgan fingerprint density at radius 2 is 1.88 bits per heavy atom. The first-order valence-corrected chi connectivity index (χ1v) is 10.7. The van der Waals surface area contributed by atoms with E-state index in [-0.39, 0.29) is 9.78 Å². The number of thiophene rings is 1. The molecule has 1 aliphatic heterocycles. The summed E-state index contributed by atoms with van der Waals surface area (Å²) >= 11 is 0.975. The lowest BCUT2D eigenvalue weighted by Crippen LogP contribution is -2.35. The number of nitrogens with zero attached hydrogens (tertiary/aromatic N) is 1. The second kappa shape index (κ2) is 7.73. The van der Waals surface area contributed by atoms with Crippen molar-refractivity contribution in [2.24, 2.45) is 0 Å². The van der Waals surface area contributed by atoms with Crippen molar-refractivity contribution in [2.75, 3.05) is 13.1 Å². The largest absolute Gasteiger partial charge is 0.545 e. The molecule has 1 aliphatic rings. The first-order chi connectivity index (χ1) is 12.4. The molecule has 0 radical (unpaired) electrons. The molecule has 26 heavy (non-hydrogen) atoms. The van der Waals surface area contributed by atoms with Gasteiger partial charge < -0.3 is 9.90 Å². The molecule has 0 bridgehead atoms. The van der Waals surface area contributed by atoms with Crippen LogP contribution in [0.1, 0.15) is 35.3 Å². The number of aryl methyl sites for hydroxylation is 1. The molecule has 0 unspecified atom stereocenters. The van der Waals surface area contributed by atoms with Gasteiger partial charge in [-0.2, -0.15) is 4.31 Å². The molecule has 2 aromatic rings. The SMILES string of the molecule is Cc1cccc(/C=C(\C(=O)[O-])c2ccc(S(=O)(=O)N3CCCCC3)s2)c1. The summed E-state index contributed by atoms with van der Waals surface area (Å²) in [6.07, 6.45) is 4.27. The highest BCUT2D eigenvalue weighted by molar-refractivity contribution is 7.91. The summed E-state index contributed by atoms with van der Waals surface area (Å²) in [6.45, 7) is 2.95. The van der Waals surface area contributed by atoms with Gasteiger partial charge in [-0.25, -0.2) is 8.42 Å². The van der Waals surface area contributed by atoms with Crippen LogP contribution in [0.2, 0.25) is 0 Å². The summed E-state index contributed by atoms with van der Waals surface area (Å²) in [4.78, 5) is 12.0. The number of aliphatic carboxylic acids is 1. The van der Waals surface area contributed by atoms with Gasteiger partial charge in [0.25, 0.3) is 10.0 Å². The fourth-order valence-corrected chi connectivity index (χ4v) is 5.97. The zero-order chi connectivity index (χ0) is 18.7. The fraction of sp³-hybridized carbons (Fsp3) is 0.316. The minimum absolute atomic E-state index is 0.0132. The number of benzene rings is 1. The van der Waals surface area contributed by atoms with Crippen LogP contribution in [0.4, 0.5) is 0 Å². The smallest absolute Gasteiger partial charge is 0.252 e. The van der Waals surface area contributed by atoms with Crippen molar-refractivity contribution in [2.45, 2.75) is 30.4 Å². The minimum Gasteiger partial charge on any atom is -0.545 e. The number of hydrogen-bond donors (Lipinski definition) is 0. The van der Waals surface area contributed by atoms with Crippen LogP contribution in [0.15, 0.2) is 40.6 Å². The lowest BCUT2D eigenvalue weighted by atomic mass is 10.1. The normalized spacial score (nSPS) is 16.6. The van der Waals surface area contributed by atoms with Gasteiger partial charge in [0.05, 0.1) is 5.97 Å². The maximum Gasteiger partial charge on any atom is 0.252 e. The second-order valence-electron chi connectivity index (χ2n) is 6.34. The van der Waals surface area contributed by atoms with Gasteiger partial charge in [-0.3, -0.25) is 0 Å². The zero-order valence-electron chi connectivity index (χ0n) is 14.5. The first-order valence-electron chi connectivity index (χ1n) is 8.48. The third-order valence-electron chi connectivity index (χ3n) is 4.33. The van der Waals surface area contributed by atoms with Crippen molar-refractivity contribution in [3.8, 4) is 0 Å². The summed E-state index contributed by atoms with van der Waals surface area (Å²) < 4.78 is 27.2. The van der Waals surface area contributed by atoms with Crippen LogP contribution in [0.3, 0.4) is 0 Å². The van der Waals surface area contributed by atoms with Crippen molar-refractivity contribution < 1.29 is 18.3 Å². The van der Waals surface area contributed by atoms with Crippen molar-refractivity contribution in [3.63, 3.8) is 0 Å². The molecule has 138 valence electrons. The predicted molar refractivity (Wildman–Crippen MR) is 101 cm³/mol. The molecule has 0 aliphatic carbocycles. The number of carbonyl (C=O) groups is 1. The molecule has 3 rings (SSSR count). The molecular weight excluding hydrogens is 370 g/mol. The summed E-state index contributed by atoms with van der Waals surface area (Å²) in [5, 5.41) is 11.6. The van der Waals surface area contributed by atoms with Gasteiger partial charge in [0.2, 0.25) is 0 Å². The molecule has 2 heterocycles. The van der Waals surface area contributed by atoms with E-state index in [9.17, 15) is 18.3 Å². The highest BCUT2D eigenvalue weighted by Crippen LogP contribution is 2.31. The van der Waals surface area contributed by atoms with Crippen LogP contribution in [0.5, 0.6) is 0 Å². The zero-order valence-corrected chi connectivity index (χ0v) is 16.1. The Morgan fingerprint density at radius 3 is 2.54 bits per heavy atom. The summed E-state index contributed by atoms with van der Waals surface area (Å²) in [5.74, 6) is -1.32. The minimum atomic E-state index is -3.57. The topological polar surface area (TPSA) is 77.5 Å². The highest BCUT2D eigenvalue weighted by Gasteiger charge is 2.27. The maximum absolute atomic E-state index is 12.7. The van der Waals surface area contributed by atoms with Gasteiger partial charge in [-0.1, -0.05) is 36.2 Å². The third-order valence-corrected chi connectivity index (χ3v) is 7.81. The van der Waals surface area contributed by atoms with Crippen LogP contribution >= 0.6 is 11.3 Å². The van der Waals surface area contributed by atoms with Gasteiger partial charge in [0.1, 0.15) is 4.21 Å². The molecule has 7 heteroatoms. The predicted octanol–water partition coefficient (Wildman–Crippen LogP) is 2.52. The van der Waals surface area contributed by atoms with Crippen LogP contribution in [0, 0.1) is 6.92 Å². The Labute approximate surface area is 157 Å². The van der Waals surface area contributed by atoms with Gasteiger partial charge in [-0.05, 0) is 43.5 Å². The van der Waals surface area contributed by atoms with E-state index >= 15 is 0 Å². The van der Waals surface area contributed by atoms with E-state index < -0.39 is 16.0 Å². The number of hydrogen-bond acceptors (Lipinski definition) is 5. The average Bonchev–Trinajstić information content (AvgIpc) is 3.11. The molecule has 1 aromatic heterocycles. The number of carboxylic acids is 1. The molecule has 0 N–H and O–H groups in total. The Balaban J connectivity index is 1.94. The molecule has 1 saturated heterocycles. The average molecular weight is 391 g/mol. The number of rotatable bonds is 5. The van der Waals surface area contributed by atoms with Gasteiger partial charge >= 0.3 is 0 Å². The second-order valence-corrected chi connectivity index (χ2v) is 9.59. The number of carboxylic acid groups (broad SMARTS) is 1. The molecule has 0 amide bonds. The Bertz CT molecular complexity index is 938. The summed E-state index contributed by atoms with van der Waals surface area (Å²) in [5.41, 5.74) is 1.73. The van der Waals surface area contributed by atoms with E-state index in [4.69, 9.17) is 0 Å². The van der Waals surface area contributed by atoms with Crippen molar-refractivity contribution in [3.05, 3.63) is 52.4 Å². The van der Waals surface area contributed by atoms with E-state index in [0.717, 1.165) is 41.7 Å². The lowest BCUT2D eigenvalue weighted by molar-refractivity contribution is -0.295. The van der Waals surface area contributed by atoms with Crippen LogP contribution in [0.25, 0.3) is 11.6 Å². The molecule has 1 aromatic carbocycles. The highest BCUT2D eigenvalue weighted by atomic mass is 32.2. The summed E-state index contributed by atoms with van der Waals surface area (Å²) in [6, 6.07) is 10.5. The standard InChI is InChI=1S/C19H21NO4S2/c1-14-6-5-7-15(12-14)13-16(19(21)22)17-8-9-18(25-17)26(23,24)20-10-3-2-4-11-20/h5-9,12-13H,2-4,10-11H2,1H3,(H,21,22)/p-1/b16-13-. The van der Waals surface area contributed by atoms with E-state index in [1.54, 1.807) is 12.1 Å². The van der Waals surface area contributed by atoms with Crippen LogP contribution < -0.4 is 5.11 Å². The van der Waals surface area contributed by atoms with Crippen molar-refractivity contribution in [1.82, 2.24) is 4.31 Å². The number of carbonyl (C=O) groups excluding carboxylic acids is 1. The molecule has 0 atom stereocenters. The third kappa shape index (κ3) is 4.06. The molecule has 1 fully saturated rings. The van der Waals surface area contributed by atoms with Crippen molar-refractivity contribution in [1.29, 1.82) is 0 Å². The Kier molecular flexibility index (Phi) is 5.60. The number of sulfonamides is 1. The molecule has 0 saturated carbocycles. The van der Waals surface area contributed by atoms with Gasteiger partial charge in [0, 0.05) is 23.5 Å². The van der Waals surface area contributed by atoms with Gasteiger partial charge in [-0.15, -0.1) is 11.3 Å². The lowest BCUT2D eigenvalue weighted by Gasteiger charge is -2.25. The molecular formula is C19H20NO4S2-. The molecule has 5 nitrogen and oxygen atoms in total. The Morgan fingerprint density at radius 1 is 1.15 bits per heavy atom. The van der Waals surface area contributed by atoms with Crippen molar-refractivity contribution >= 4 is 39.0 Å². The quantitative estimate of drug-likeness (QED) is 0.735. The van der Waals surface area contributed by atoms with Crippen LogP contribution in [-0.4, -0.2) is 31.8 Å². The van der Waals surface area contributed by atoms with Crippen LogP contribution in [-0.2, 0) is 14.8 Å². The first kappa shape index (κ1) is 18.8. The Hall–Kier alpha value is -1.96. The summed E-state index contributed by atoms with van der Waals surface area (Å²) in [7, 11) is -3.57. The van der Waals surface area contributed by atoms with Gasteiger partial charge in [0.15, 0.2) is 0 Å². The van der Waals surface area contributed by atoms with E-state index in [2.05, 4.69) is 0 Å².